The molecule has 2 amide bonds. The summed E-state index contributed by atoms with van der Waals surface area (Å²) in [5, 5.41) is 4.44. The molecule has 2 fully saturated rings. The minimum absolute atomic E-state index is 0.0164. The van der Waals surface area contributed by atoms with Crippen molar-refractivity contribution in [1.82, 2.24) is 19.6 Å². The maximum absolute atomic E-state index is 12.9. The number of likely N-dealkylation sites (tertiary alicyclic amines) is 1. The third-order valence-electron chi connectivity index (χ3n) is 5.85. The molecule has 0 saturated carbocycles. The van der Waals surface area contributed by atoms with Crippen LogP contribution in [0.25, 0.3) is 0 Å². The normalized spacial score (nSPS) is 20.2. The van der Waals surface area contributed by atoms with Gasteiger partial charge < -0.3 is 14.5 Å². The van der Waals surface area contributed by atoms with Gasteiger partial charge in [0.05, 0.1) is 12.2 Å². The molecule has 1 aromatic rings. The second-order valence-corrected chi connectivity index (χ2v) is 8.00. The number of ether oxygens (including phenoxy) is 1. The van der Waals surface area contributed by atoms with Crippen molar-refractivity contribution in [1.29, 1.82) is 0 Å². The Bertz CT molecular complexity index is 691. The molecule has 1 spiro atoms. The van der Waals surface area contributed by atoms with Crippen molar-refractivity contribution < 1.29 is 14.3 Å². The zero-order valence-electron chi connectivity index (χ0n) is 17.0. The number of carbonyl (C=O) groups excluding carboxylic acids is 2. The van der Waals surface area contributed by atoms with E-state index >= 15 is 0 Å². The first-order valence-electron chi connectivity index (χ1n) is 10.2. The average molecular weight is 377 g/mol. The minimum Gasteiger partial charge on any atom is -0.441 e. The fourth-order valence-electron chi connectivity index (χ4n) is 4.21. The van der Waals surface area contributed by atoms with Crippen LogP contribution in [0, 0.1) is 0 Å². The van der Waals surface area contributed by atoms with E-state index in [4.69, 9.17) is 4.74 Å². The Hall–Kier alpha value is -2.05. The number of rotatable bonds is 6. The van der Waals surface area contributed by atoms with E-state index in [0.29, 0.717) is 38.2 Å². The molecule has 2 aliphatic rings. The van der Waals surface area contributed by atoms with Crippen molar-refractivity contribution >= 4 is 12.0 Å². The predicted molar refractivity (Wildman–Crippen MR) is 103 cm³/mol. The Morgan fingerprint density at radius 3 is 2.63 bits per heavy atom. The Balaban J connectivity index is 1.62. The minimum atomic E-state index is -0.435. The smallest absolute Gasteiger partial charge is 0.410 e. The van der Waals surface area contributed by atoms with Gasteiger partial charge in [0, 0.05) is 39.0 Å². The topological polar surface area (TPSA) is 67.7 Å². The van der Waals surface area contributed by atoms with Crippen molar-refractivity contribution in [3.63, 3.8) is 0 Å². The SMILES string of the molecule is CCCc1cc(C(=O)N2CCC3(CC2)CN([C@@H](C)CCC)C(=O)O3)n(C)n1. The maximum Gasteiger partial charge on any atom is 0.410 e. The molecule has 0 unspecified atom stereocenters. The van der Waals surface area contributed by atoms with Crippen LogP contribution >= 0.6 is 0 Å². The van der Waals surface area contributed by atoms with E-state index in [9.17, 15) is 9.59 Å². The van der Waals surface area contributed by atoms with Crippen LogP contribution in [0.1, 0.15) is 69.1 Å². The van der Waals surface area contributed by atoms with Gasteiger partial charge in [-0.1, -0.05) is 26.7 Å². The van der Waals surface area contributed by atoms with E-state index < -0.39 is 5.60 Å². The van der Waals surface area contributed by atoms with Gasteiger partial charge in [-0.2, -0.15) is 5.10 Å². The molecule has 0 bridgehead atoms. The number of carbonyl (C=O) groups is 2. The lowest BCUT2D eigenvalue weighted by molar-refractivity contribution is 0.00277. The summed E-state index contributed by atoms with van der Waals surface area (Å²) in [4.78, 5) is 29.0. The van der Waals surface area contributed by atoms with Crippen molar-refractivity contribution in [2.75, 3.05) is 19.6 Å². The first-order valence-corrected chi connectivity index (χ1v) is 10.2. The van der Waals surface area contributed by atoms with Gasteiger partial charge in [-0.3, -0.25) is 9.48 Å². The molecule has 0 N–H and O–H groups in total. The van der Waals surface area contributed by atoms with Crippen LogP contribution in [0.2, 0.25) is 0 Å². The summed E-state index contributed by atoms with van der Waals surface area (Å²) in [6.45, 7) is 8.17. The highest BCUT2D eigenvalue weighted by Crippen LogP contribution is 2.35. The summed E-state index contributed by atoms with van der Waals surface area (Å²) in [5.41, 5.74) is 1.16. The van der Waals surface area contributed by atoms with Crippen LogP contribution in [0.5, 0.6) is 0 Å². The average Bonchev–Trinajstić information content (AvgIpc) is 3.15. The summed E-state index contributed by atoms with van der Waals surface area (Å²) in [5.74, 6) is 0.0164. The summed E-state index contributed by atoms with van der Waals surface area (Å²) in [7, 11) is 1.82. The molecule has 27 heavy (non-hydrogen) atoms. The number of hydrogen-bond acceptors (Lipinski definition) is 4. The maximum atomic E-state index is 12.9. The number of piperidine rings is 1. The molecule has 3 heterocycles. The number of aromatic nitrogens is 2. The molecule has 0 radical (unpaired) electrons. The molecule has 0 aliphatic carbocycles. The number of amides is 2. The highest BCUT2D eigenvalue weighted by atomic mass is 16.6. The van der Waals surface area contributed by atoms with Gasteiger partial charge in [0.25, 0.3) is 5.91 Å². The van der Waals surface area contributed by atoms with Crippen molar-refractivity contribution in [2.24, 2.45) is 7.05 Å². The first kappa shape index (κ1) is 19.7. The Morgan fingerprint density at radius 2 is 2.00 bits per heavy atom. The van der Waals surface area contributed by atoms with E-state index in [-0.39, 0.29) is 18.0 Å². The number of nitrogens with zero attached hydrogens (tertiary/aromatic N) is 4. The fourth-order valence-corrected chi connectivity index (χ4v) is 4.21. The highest BCUT2D eigenvalue weighted by Gasteiger charge is 2.48. The van der Waals surface area contributed by atoms with Crippen LogP contribution in [-0.4, -0.2) is 62.9 Å². The van der Waals surface area contributed by atoms with Crippen molar-refractivity contribution in [3.05, 3.63) is 17.5 Å². The molecule has 2 aliphatic heterocycles. The van der Waals surface area contributed by atoms with Crippen molar-refractivity contribution in [3.8, 4) is 0 Å². The molecular formula is C20H32N4O3. The third-order valence-corrected chi connectivity index (χ3v) is 5.85. The van der Waals surface area contributed by atoms with E-state index in [1.807, 2.05) is 22.9 Å². The van der Waals surface area contributed by atoms with Crippen LogP contribution in [0.3, 0.4) is 0 Å². The van der Waals surface area contributed by atoms with Gasteiger partial charge in [-0.15, -0.1) is 0 Å². The van der Waals surface area contributed by atoms with Crippen LogP contribution in [0.15, 0.2) is 6.07 Å². The lowest BCUT2D eigenvalue weighted by Crippen LogP contribution is -2.49. The zero-order chi connectivity index (χ0) is 19.6. The molecule has 3 rings (SSSR count). The third kappa shape index (κ3) is 3.96. The molecule has 1 aromatic heterocycles. The zero-order valence-corrected chi connectivity index (χ0v) is 17.0. The molecule has 1 atom stereocenters. The first-order chi connectivity index (χ1) is 12.9. The Labute approximate surface area is 161 Å². The van der Waals surface area contributed by atoms with Crippen LogP contribution in [0.4, 0.5) is 4.79 Å². The Morgan fingerprint density at radius 1 is 1.30 bits per heavy atom. The monoisotopic (exact) mass is 376 g/mol. The van der Waals surface area contributed by atoms with Gasteiger partial charge in [0.15, 0.2) is 0 Å². The fraction of sp³-hybridized carbons (Fsp3) is 0.750. The van der Waals surface area contributed by atoms with E-state index in [2.05, 4.69) is 25.9 Å². The van der Waals surface area contributed by atoms with Gasteiger partial charge in [0.1, 0.15) is 11.3 Å². The standard InChI is InChI=1S/C20H32N4O3/c1-5-7-15(3)24-14-20(27-19(24)26)9-11-23(12-10-20)18(25)17-13-16(8-6-2)21-22(17)4/h13,15H,5-12,14H2,1-4H3/t15-/m0/s1. The Kier molecular flexibility index (Phi) is 5.77. The largest absolute Gasteiger partial charge is 0.441 e. The second kappa shape index (κ2) is 7.90. The van der Waals surface area contributed by atoms with Gasteiger partial charge in [0.2, 0.25) is 0 Å². The molecule has 7 nitrogen and oxygen atoms in total. The summed E-state index contributed by atoms with van der Waals surface area (Å²) in [6.07, 6.45) is 5.10. The second-order valence-electron chi connectivity index (χ2n) is 8.00. The number of hydrogen-bond donors (Lipinski definition) is 0. The lowest BCUT2D eigenvalue weighted by Gasteiger charge is -2.37. The van der Waals surface area contributed by atoms with Crippen LogP contribution in [-0.2, 0) is 18.2 Å². The predicted octanol–water partition coefficient (Wildman–Crippen LogP) is 2.99. The summed E-state index contributed by atoms with van der Waals surface area (Å²) >= 11 is 0. The van der Waals surface area contributed by atoms with E-state index in [1.165, 1.54) is 0 Å². The molecule has 7 heteroatoms. The van der Waals surface area contributed by atoms with Gasteiger partial charge in [-0.05, 0) is 25.8 Å². The summed E-state index contributed by atoms with van der Waals surface area (Å²) < 4.78 is 7.48. The molecule has 0 aromatic carbocycles. The van der Waals surface area contributed by atoms with Gasteiger partial charge >= 0.3 is 6.09 Å². The highest BCUT2D eigenvalue weighted by molar-refractivity contribution is 5.92. The van der Waals surface area contributed by atoms with E-state index in [1.54, 1.807) is 4.68 Å². The lowest BCUT2D eigenvalue weighted by atomic mass is 9.90. The molecule has 150 valence electrons. The van der Waals surface area contributed by atoms with Gasteiger partial charge in [-0.25, -0.2) is 4.79 Å². The quantitative estimate of drug-likeness (QED) is 0.765. The molecule has 2 saturated heterocycles. The van der Waals surface area contributed by atoms with Crippen LogP contribution < -0.4 is 0 Å². The van der Waals surface area contributed by atoms with E-state index in [0.717, 1.165) is 31.4 Å². The number of aryl methyl sites for hydroxylation is 2. The summed E-state index contributed by atoms with van der Waals surface area (Å²) in [6, 6.07) is 2.10. The molecular weight excluding hydrogens is 344 g/mol. The van der Waals surface area contributed by atoms with Crippen molar-refractivity contribution in [2.45, 2.75) is 70.9 Å².